The molecule has 0 saturated heterocycles. The standard InChI is InChI=1S/C52H34N4.C41H30N2/c1-3-17-35(18-4-1)40-21-7-8-22-41(40)47-34-46(53-52(54-47)36-19-5-2-6-20-36)37-31-38(55-48-27-13-9-23-42(48)43-24-10-14-28-49(43)55)33-39(32-37)56-50-29-15-11-25-44(50)45-26-12-16-30-51(45)56;1-2-39-42-37-18-10-11-19-38(37)43(39)32-26-24-31(25-27-32)41-35-16-8-6-14-33(35)40(34-15-7-9-17-36(34)41)30-22-20-29(21-23-30)28-12-4-3-5-13-28/h1-34H;3-27H,2H2,1H3. The van der Waals surface area contributed by atoms with Crippen molar-refractivity contribution in [1.29, 1.82) is 0 Å². The van der Waals surface area contributed by atoms with Gasteiger partial charge in [0, 0.05) is 61.7 Å². The molecule has 0 spiro atoms. The molecule has 0 fully saturated rings. The van der Waals surface area contributed by atoms with Gasteiger partial charge in [-0.1, -0.05) is 292 Å². The predicted molar refractivity (Wildman–Crippen MR) is 414 cm³/mol. The molecule has 19 rings (SSSR count). The molecule has 19 aromatic rings. The first-order valence-electron chi connectivity index (χ1n) is 34.0. The molecule has 6 heteroatoms. The molecule has 0 saturated carbocycles. The van der Waals surface area contributed by atoms with Crippen molar-refractivity contribution in [2.24, 2.45) is 0 Å². The third-order valence-corrected chi connectivity index (χ3v) is 19.5. The summed E-state index contributed by atoms with van der Waals surface area (Å²) in [6, 6.07) is 128. The monoisotopic (exact) mass is 1260 g/mol. The van der Waals surface area contributed by atoms with Gasteiger partial charge in [-0.2, -0.15) is 0 Å². The van der Waals surface area contributed by atoms with Crippen molar-refractivity contribution in [3.8, 4) is 95.5 Å². The number of benzene rings is 15. The molecule has 0 aliphatic rings. The molecule has 0 amide bonds. The lowest BCUT2D eigenvalue weighted by Gasteiger charge is -2.18. The van der Waals surface area contributed by atoms with Gasteiger partial charge in [0.2, 0.25) is 0 Å². The van der Waals surface area contributed by atoms with Crippen LogP contribution in [0.4, 0.5) is 0 Å². The average molecular weight is 1270 g/mol. The Hall–Kier alpha value is -13.0. The molecule has 0 N–H and O–H groups in total. The highest BCUT2D eigenvalue weighted by Gasteiger charge is 2.22. The van der Waals surface area contributed by atoms with Gasteiger partial charge < -0.3 is 9.13 Å². The minimum Gasteiger partial charge on any atom is -0.309 e. The minimum absolute atomic E-state index is 0.682. The van der Waals surface area contributed by atoms with E-state index in [4.69, 9.17) is 15.0 Å². The molecule has 99 heavy (non-hydrogen) atoms. The van der Waals surface area contributed by atoms with Gasteiger partial charge in [-0.25, -0.2) is 15.0 Å². The summed E-state index contributed by atoms with van der Waals surface area (Å²) in [6.07, 6.45) is 0.875. The van der Waals surface area contributed by atoms with Crippen LogP contribution in [0.15, 0.2) is 358 Å². The summed E-state index contributed by atoms with van der Waals surface area (Å²) in [5.74, 6) is 1.76. The van der Waals surface area contributed by atoms with E-state index < -0.39 is 0 Å². The van der Waals surface area contributed by atoms with Crippen LogP contribution in [0.3, 0.4) is 0 Å². The number of nitrogens with zero attached hydrogens (tertiary/aromatic N) is 6. The number of hydrogen-bond acceptors (Lipinski definition) is 3. The van der Waals surface area contributed by atoms with Gasteiger partial charge in [0.05, 0.1) is 44.5 Å². The number of imidazole rings is 1. The highest BCUT2D eigenvalue weighted by Crippen LogP contribution is 2.45. The Morgan fingerprint density at radius 2 is 0.596 bits per heavy atom. The largest absolute Gasteiger partial charge is 0.309 e. The van der Waals surface area contributed by atoms with Crippen LogP contribution in [0.1, 0.15) is 12.7 Å². The molecule has 0 aliphatic heterocycles. The van der Waals surface area contributed by atoms with Crippen molar-refractivity contribution in [1.82, 2.24) is 28.7 Å². The maximum absolute atomic E-state index is 5.37. The van der Waals surface area contributed by atoms with Crippen molar-refractivity contribution in [3.63, 3.8) is 0 Å². The maximum atomic E-state index is 5.37. The van der Waals surface area contributed by atoms with Crippen molar-refractivity contribution < 1.29 is 0 Å². The van der Waals surface area contributed by atoms with Gasteiger partial charge in [0.15, 0.2) is 5.82 Å². The number of fused-ring (bicyclic) bond motifs is 9. The number of rotatable bonds is 11. The summed E-state index contributed by atoms with van der Waals surface area (Å²) in [5.41, 5.74) is 24.5. The van der Waals surface area contributed by atoms with Crippen LogP contribution >= 0.6 is 0 Å². The van der Waals surface area contributed by atoms with E-state index in [0.717, 1.165) is 102 Å². The average Bonchev–Trinajstić information content (AvgIpc) is 1.71. The predicted octanol–water partition coefficient (Wildman–Crippen LogP) is 24.2. The quantitative estimate of drug-likeness (QED) is 0.121. The lowest BCUT2D eigenvalue weighted by atomic mass is 9.85. The molecule has 0 atom stereocenters. The topological polar surface area (TPSA) is 53.5 Å². The second kappa shape index (κ2) is 24.9. The van der Waals surface area contributed by atoms with Gasteiger partial charge in [0.1, 0.15) is 5.82 Å². The third kappa shape index (κ3) is 10.4. The summed E-state index contributed by atoms with van der Waals surface area (Å²) in [5, 5.41) is 9.94. The van der Waals surface area contributed by atoms with Crippen LogP contribution in [0.2, 0.25) is 0 Å². The van der Waals surface area contributed by atoms with Gasteiger partial charge in [-0.15, -0.1) is 0 Å². The van der Waals surface area contributed by atoms with Gasteiger partial charge in [-0.3, -0.25) is 4.57 Å². The normalized spacial score (nSPS) is 11.5. The summed E-state index contributed by atoms with van der Waals surface area (Å²) in [7, 11) is 0. The zero-order valence-corrected chi connectivity index (χ0v) is 54.5. The Morgan fingerprint density at radius 3 is 1.08 bits per heavy atom. The number of aryl methyl sites for hydroxylation is 1. The zero-order valence-electron chi connectivity index (χ0n) is 54.5. The summed E-state index contributed by atoms with van der Waals surface area (Å²) >= 11 is 0. The van der Waals surface area contributed by atoms with Crippen LogP contribution in [0.25, 0.3) is 172 Å². The van der Waals surface area contributed by atoms with E-state index in [1.807, 2.05) is 18.2 Å². The van der Waals surface area contributed by atoms with Crippen molar-refractivity contribution in [3.05, 3.63) is 364 Å². The van der Waals surface area contributed by atoms with Crippen LogP contribution in [-0.4, -0.2) is 28.7 Å². The molecule has 0 unspecified atom stereocenters. The molecular formula is C93H64N6. The highest BCUT2D eigenvalue weighted by atomic mass is 15.1. The smallest absolute Gasteiger partial charge is 0.160 e. The Labute approximate surface area is 573 Å². The van der Waals surface area contributed by atoms with Gasteiger partial charge in [0.25, 0.3) is 0 Å². The molecule has 466 valence electrons. The SMILES string of the molecule is CCc1nc2ccccc2n1-c1ccc(-c2c3ccccc3c(-c3ccc(-c4ccccc4)cc3)c3ccccc23)cc1.c1ccc(-c2nc(-c3cc(-n4c5ccccc5c5ccccc54)cc(-n4c5ccccc5c5ccccc54)c3)cc(-c3ccccc3-c3ccccc3)n2)cc1. The molecule has 6 nitrogen and oxygen atoms in total. The van der Waals surface area contributed by atoms with E-state index in [-0.39, 0.29) is 0 Å². The van der Waals surface area contributed by atoms with E-state index >= 15 is 0 Å². The van der Waals surface area contributed by atoms with E-state index in [2.05, 4.69) is 360 Å². The van der Waals surface area contributed by atoms with Crippen molar-refractivity contribution in [2.45, 2.75) is 13.3 Å². The summed E-state index contributed by atoms with van der Waals surface area (Å²) in [6.45, 7) is 2.17. The molecule has 15 aromatic carbocycles. The fourth-order valence-electron chi connectivity index (χ4n) is 15.0. The Morgan fingerprint density at radius 1 is 0.232 bits per heavy atom. The number of aromatic nitrogens is 6. The second-order valence-electron chi connectivity index (χ2n) is 25.3. The maximum Gasteiger partial charge on any atom is 0.160 e. The highest BCUT2D eigenvalue weighted by molar-refractivity contribution is 6.21. The van der Waals surface area contributed by atoms with E-state index in [0.29, 0.717) is 5.82 Å². The van der Waals surface area contributed by atoms with E-state index in [1.165, 1.54) is 76.5 Å². The van der Waals surface area contributed by atoms with Crippen LogP contribution < -0.4 is 0 Å². The first-order chi connectivity index (χ1) is 49.1. The van der Waals surface area contributed by atoms with Crippen molar-refractivity contribution >= 4 is 76.2 Å². The van der Waals surface area contributed by atoms with Crippen molar-refractivity contribution in [2.75, 3.05) is 0 Å². The number of para-hydroxylation sites is 6. The van der Waals surface area contributed by atoms with Crippen LogP contribution in [-0.2, 0) is 6.42 Å². The Balaban J connectivity index is 0.000000148. The lowest BCUT2D eigenvalue weighted by molar-refractivity contribution is 0.908. The molecular weight excluding hydrogens is 1200 g/mol. The molecule has 0 radical (unpaired) electrons. The lowest BCUT2D eigenvalue weighted by Crippen LogP contribution is -2.02. The fraction of sp³-hybridized carbons (Fsp3) is 0.0215. The number of hydrogen-bond donors (Lipinski definition) is 0. The third-order valence-electron chi connectivity index (χ3n) is 19.5. The van der Waals surface area contributed by atoms with E-state index in [9.17, 15) is 0 Å². The molecule has 0 aliphatic carbocycles. The molecule has 0 bridgehead atoms. The summed E-state index contributed by atoms with van der Waals surface area (Å²) in [4.78, 5) is 15.5. The van der Waals surface area contributed by atoms with Gasteiger partial charge >= 0.3 is 0 Å². The molecule has 4 heterocycles. The van der Waals surface area contributed by atoms with Gasteiger partial charge in [-0.05, 0) is 139 Å². The Bertz CT molecular complexity index is 5950. The summed E-state index contributed by atoms with van der Waals surface area (Å²) < 4.78 is 7.09. The first kappa shape index (κ1) is 58.5. The molecule has 4 aromatic heterocycles. The fourth-order valence-corrected chi connectivity index (χ4v) is 15.0. The zero-order chi connectivity index (χ0) is 65.8. The van der Waals surface area contributed by atoms with Crippen LogP contribution in [0.5, 0.6) is 0 Å². The van der Waals surface area contributed by atoms with E-state index in [1.54, 1.807) is 0 Å². The minimum atomic E-state index is 0.682. The Kier molecular flexibility index (Phi) is 14.8. The first-order valence-corrected chi connectivity index (χ1v) is 34.0. The van der Waals surface area contributed by atoms with Crippen LogP contribution in [0, 0.1) is 0 Å². The second-order valence-corrected chi connectivity index (χ2v) is 25.3.